The van der Waals surface area contributed by atoms with Gasteiger partial charge in [-0.05, 0) is 31.1 Å². The molecule has 1 aliphatic heterocycles. The molecule has 10 heteroatoms. The zero-order valence-corrected chi connectivity index (χ0v) is 15.8. The largest absolute Gasteiger partial charge is 0.397 e. The van der Waals surface area contributed by atoms with Gasteiger partial charge in [-0.2, -0.15) is 5.26 Å². The van der Waals surface area contributed by atoms with E-state index in [9.17, 15) is 14.9 Å². The summed E-state index contributed by atoms with van der Waals surface area (Å²) in [6.45, 7) is 4.24. The van der Waals surface area contributed by atoms with Gasteiger partial charge in [0.1, 0.15) is 17.3 Å². The molecule has 0 aromatic carbocycles. The lowest BCUT2D eigenvalue weighted by Gasteiger charge is -2.44. The van der Waals surface area contributed by atoms with Crippen LogP contribution in [0.2, 0.25) is 0 Å². The lowest BCUT2D eigenvalue weighted by molar-refractivity contribution is -0.0541. The molecule has 3 heterocycles. The van der Waals surface area contributed by atoms with Crippen LogP contribution < -0.4 is 10.5 Å². The van der Waals surface area contributed by atoms with Crippen LogP contribution in [0.4, 0.5) is 5.69 Å². The molecule has 0 amide bonds. The Labute approximate surface area is 166 Å². The van der Waals surface area contributed by atoms with Gasteiger partial charge >= 0.3 is 0 Å². The lowest BCUT2D eigenvalue weighted by atomic mass is 9.52. The van der Waals surface area contributed by atoms with E-state index >= 15 is 0 Å². The predicted molar refractivity (Wildman–Crippen MR) is 108 cm³/mol. The number of carbonyl (C=O) groups is 1. The maximum atomic E-state index is 12.4. The summed E-state index contributed by atoms with van der Waals surface area (Å²) >= 11 is 0. The smallest absolute Gasteiger partial charge is 0.268 e. The molecular weight excluding hydrogens is 353 g/mol. The molecule has 1 N–H and O–H groups in total. The van der Waals surface area contributed by atoms with Crippen molar-refractivity contribution in [1.82, 2.24) is 9.97 Å². The van der Waals surface area contributed by atoms with Gasteiger partial charge in [-0.25, -0.2) is 0 Å². The molecule has 3 rings (SSSR count). The number of nitrogens with zero attached hydrogens (tertiary/aromatic N) is 3. The monoisotopic (exact) mass is 370 g/mol. The fourth-order valence-electron chi connectivity index (χ4n) is 3.53. The van der Waals surface area contributed by atoms with E-state index in [1.807, 2.05) is 17.9 Å². The van der Waals surface area contributed by atoms with Crippen LogP contribution in [-0.4, -0.2) is 63.3 Å². The van der Waals surface area contributed by atoms with Crippen molar-refractivity contribution >= 4 is 45.9 Å². The van der Waals surface area contributed by atoms with Crippen molar-refractivity contribution in [3.05, 3.63) is 33.9 Å². The number of rotatable bonds is 4. The van der Waals surface area contributed by atoms with Gasteiger partial charge in [-0.3, -0.25) is 14.6 Å². The number of ketones is 1. The molecule has 1 saturated heterocycles. The Balaban J connectivity index is 2.05. The number of H-pyrrole nitrogens is 1. The summed E-state index contributed by atoms with van der Waals surface area (Å²) in [4.78, 5) is 32.8. The van der Waals surface area contributed by atoms with Crippen molar-refractivity contribution in [2.24, 2.45) is 0 Å². The van der Waals surface area contributed by atoms with Crippen LogP contribution in [0.5, 0.6) is 0 Å². The van der Waals surface area contributed by atoms with E-state index in [0.717, 1.165) is 0 Å². The van der Waals surface area contributed by atoms with Crippen molar-refractivity contribution in [3.8, 4) is 6.07 Å². The standard InChI is InChI=1S/C18H17B3N4O3/c1-10(26)13-7-11-14(9-23-13)24-16(27)12(8-22)15(11)25-5-3-17(2,4-6-25)28-18(19,20)21/h7,9H,3-6H2,1-2H3,(H,24,27). The highest BCUT2D eigenvalue weighted by Crippen LogP contribution is 2.34. The van der Waals surface area contributed by atoms with Gasteiger partial charge in [-0.15, -0.1) is 0 Å². The number of aromatic nitrogens is 2. The van der Waals surface area contributed by atoms with E-state index in [0.29, 0.717) is 42.5 Å². The fraction of sp³-hybridized carbons (Fsp3) is 0.444. The molecule has 0 bridgehead atoms. The van der Waals surface area contributed by atoms with Crippen molar-refractivity contribution in [3.63, 3.8) is 0 Å². The van der Waals surface area contributed by atoms with Gasteiger partial charge in [0.15, 0.2) is 5.78 Å². The minimum Gasteiger partial charge on any atom is -0.397 e. The van der Waals surface area contributed by atoms with Crippen LogP contribution >= 0.6 is 0 Å². The molecule has 0 aliphatic carbocycles. The number of aromatic amines is 1. The molecule has 7 nitrogen and oxygen atoms in total. The zero-order chi connectivity index (χ0) is 20.7. The molecule has 2 aromatic heterocycles. The topological polar surface area (TPSA) is 99.1 Å². The number of anilines is 1. The van der Waals surface area contributed by atoms with Crippen LogP contribution in [0.3, 0.4) is 0 Å². The fourth-order valence-corrected chi connectivity index (χ4v) is 3.53. The first-order chi connectivity index (χ1) is 13.0. The number of fused-ring (bicyclic) bond motifs is 1. The Morgan fingerprint density at radius 1 is 1.39 bits per heavy atom. The van der Waals surface area contributed by atoms with Crippen LogP contribution in [0.25, 0.3) is 10.9 Å². The number of hydrogen-bond acceptors (Lipinski definition) is 6. The normalized spacial score (nSPS) is 16.7. The molecule has 6 radical (unpaired) electrons. The second-order valence-corrected chi connectivity index (χ2v) is 7.35. The highest BCUT2D eigenvalue weighted by molar-refractivity contribution is 6.58. The van der Waals surface area contributed by atoms with Gasteiger partial charge in [0.25, 0.3) is 5.56 Å². The van der Waals surface area contributed by atoms with Gasteiger partial charge in [0.05, 0.1) is 46.5 Å². The Morgan fingerprint density at radius 3 is 2.57 bits per heavy atom. The number of Topliss-reactive ketones (excluding diaryl/α,β-unsaturated/α-hetero) is 1. The molecule has 136 valence electrons. The van der Waals surface area contributed by atoms with Crippen molar-refractivity contribution in [2.75, 3.05) is 18.0 Å². The zero-order valence-electron chi connectivity index (χ0n) is 15.8. The molecule has 1 fully saturated rings. The summed E-state index contributed by atoms with van der Waals surface area (Å²) in [5.74, 6) is -0.206. The molecule has 2 aromatic rings. The first-order valence-electron chi connectivity index (χ1n) is 8.82. The van der Waals surface area contributed by atoms with Gasteiger partial charge < -0.3 is 14.6 Å². The van der Waals surface area contributed by atoms with E-state index in [2.05, 4.69) is 9.97 Å². The summed E-state index contributed by atoms with van der Waals surface area (Å²) in [6.07, 6.45) is 2.50. The number of hydrogen-bond donors (Lipinski definition) is 1. The minimum atomic E-state index is -1.74. The first kappa shape index (κ1) is 20.2. The third-order valence-electron chi connectivity index (χ3n) is 4.90. The highest BCUT2D eigenvalue weighted by atomic mass is 16.5. The Bertz CT molecular complexity index is 1030. The van der Waals surface area contributed by atoms with Crippen molar-refractivity contribution < 1.29 is 9.53 Å². The minimum absolute atomic E-state index is 0.0106. The third kappa shape index (κ3) is 4.00. The number of carbonyl (C=O) groups excluding carboxylic acids is 1. The van der Waals surface area contributed by atoms with E-state index in [1.54, 1.807) is 6.07 Å². The van der Waals surface area contributed by atoms with Crippen molar-refractivity contribution in [1.29, 1.82) is 5.26 Å². The predicted octanol–water partition coefficient (Wildman–Crippen LogP) is 0.490. The number of nitriles is 1. The van der Waals surface area contributed by atoms with Crippen LogP contribution in [-0.2, 0) is 4.74 Å². The summed E-state index contributed by atoms with van der Waals surface area (Å²) in [5.41, 5.74) is 0.0469. The number of nitrogens with one attached hydrogen (secondary N) is 1. The van der Waals surface area contributed by atoms with Gasteiger partial charge in [-0.1, -0.05) is 0 Å². The van der Waals surface area contributed by atoms with Gasteiger partial charge in [0.2, 0.25) is 0 Å². The molecule has 0 saturated carbocycles. The number of piperidine rings is 1. The van der Waals surface area contributed by atoms with Crippen LogP contribution in [0.1, 0.15) is 42.7 Å². The molecule has 28 heavy (non-hydrogen) atoms. The number of ether oxygens (including phenoxy) is 1. The summed E-state index contributed by atoms with van der Waals surface area (Å²) in [6, 6.07) is 3.57. The van der Waals surface area contributed by atoms with Gasteiger partial charge in [0, 0.05) is 25.4 Å². The first-order valence-corrected chi connectivity index (χ1v) is 8.82. The Morgan fingerprint density at radius 2 is 2.04 bits per heavy atom. The summed E-state index contributed by atoms with van der Waals surface area (Å²) in [5, 5.41) is 8.42. The number of pyridine rings is 2. The SMILES string of the molecule is [B]C([B])([B])OC1(C)CCN(c2c(C#N)c(=O)[nH]c3cnc(C(C)=O)cc23)CC1. The maximum absolute atomic E-state index is 12.4. The van der Waals surface area contributed by atoms with Crippen LogP contribution in [0.15, 0.2) is 17.1 Å². The second kappa shape index (κ2) is 7.14. The maximum Gasteiger partial charge on any atom is 0.268 e. The summed E-state index contributed by atoms with van der Waals surface area (Å²) in [7, 11) is 16.7. The van der Waals surface area contributed by atoms with E-state index in [4.69, 9.17) is 28.3 Å². The average Bonchev–Trinajstić information content (AvgIpc) is 2.59. The van der Waals surface area contributed by atoms with E-state index in [-0.39, 0.29) is 17.0 Å². The lowest BCUT2D eigenvalue weighted by Crippen LogP contribution is -2.51. The third-order valence-corrected chi connectivity index (χ3v) is 4.90. The van der Waals surface area contributed by atoms with Crippen LogP contribution in [0, 0.1) is 11.3 Å². The Hall–Kier alpha value is -2.53. The van der Waals surface area contributed by atoms with E-state index in [1.165, 1.54) is 13.1 Å². The average molecular weight is 370 g/mol. The Kier molecular flexibility index (Phi) is 5.15. The summed E-state index contributed by atoms with van der Waals surface area (Å²) < 4.78 is 5.59. The highest BCUT2D eigenvalue weighted by Gasteiger charge is 2.35. The molecule has 0 unspecified atom stereocenters. The molecule has 0 spiro atoms. The second-order valence-electron chi connectivity index (χ2n) is 7.35. The molecular formula is C18H17B3N4O3. The van der Waals surface area contributed by atoms with Crippen molar-refractivity contribution in [2.45, 2.75) is 37.6 Å². The molecule has 1 aliphatic rings. The molecule has 0 atom stereocenters. The van der Waals surface area contributed by atoms with E-state index < -0.39 is 16.5 Å². The quantitative estimate of drug-likeness (QED) is 0.622.